The number of hydrogen-bond donors (Lipinski definition) is 2. The molecule has 0 saturated heterocycles. The maximum absolute atomic E-state index is 12.4. The molecule has 0 radical (unpaired) electrons. The predicted molar refractivity (Wildman–Crippen MR) is 83.6 cm³/mol. The molecule has 2 aromatic rings. The number of methoxy groups -OCH3 is 1. The number of hydrogen-bond acceptors (Lipinski definition) is 4. The molecular weight excluding hydrogens is 288 g/mol. The maximum atomic E-state index is 12.4. The average Bonchev–Trinajstić information content (AvgIpc) is 2.42. The molecule has 0 amide bonds. The lowest BCUT2D eigenvalue weighted by molar-refractivity contribution is 0.185. The molecular formula is C15H18N2O3S. The van der Waals surface area contributed by atoms with E-state index in [1.54, 1.807) is 44.4 Å². The van der Waals surface area contributed by atoms with Gasteiger partial charge in [0, 0.05) is 18.5 Å². The number of rotatable bonds is 5. The molecule has 0 aliphatic carbocycles. The van der Waals surface area contributed by atoms with Crippen molar-refractivity contribution in [2.75, 3.05) is 17.6 Å². The van der Waals surface area contributed by atoms with Crippen molar-refractivity contribution < 1.29 is 13.2 Å². The van der Waals surface area contributed by atoms with Crippen molar-refractivity contribution in [3.05, 3.63) is 53.6 Å². The molecule has 0 saturated carbocycles. The van der Waals surface area contributed by atoms with E-state index in [-0.39, 0.29) is 4.90 Å². The Morgan fingerprint density at radius 1 is 1.19 bits per heavy atom. The topological polar surface area (TPSA) is 81.4 Å². The molecule has 6 heteroatoms. The molecule has 0 aliphatic heterocycles. The minimum Gasteiger partial charge on any atom is -0.398 e. The Balaban J connectivity index is 2.33. The van der Waals surface area contributed by atoms with E-state index in [2.05, 4.69) is 4.72 Å². The molecule has 0 fully saturated rings. The highest BCUT2D eigenvalue weighted by molar-refractivity contribution is 7.92. The second kappa shape index (κ2) is 6.15. The van der Waals surface area contributed by atoms with Crippen LogP contribution >= 0.6 is 0 Å². The van der Waals surface area contributed by atoms with Crippen LogP contribution in [0.2, 0.25) is 0 Å². The van der Waals surface area contributed by atoms with E-state index >= 15 is 0 Å². The Morgan fingerprint density at radius 3 is 2.62 bits per heavy atom. The van der Waals surface area contributed by atoms with E-state index in [1.807, 2.05) is 6.07 Å². The minimum absolute atomic E-state index is 0.180. The summed E-state index contributed by atoms with van der Waals surface area (Å²) < 4.78 is 32.5. The van der Waals surface area contributed by atoms with Gasteiger partial charge in [-0.05, 0) is 42.3 Å². The molecule has 3 N–H and O–H groups in total. The van der Waals surface area contributed by atoms with Gasteiger partial charge >= 0.3 is 0 Å². The smallest absolute Gasteiger partial charge is 0.262 e. The highest BCUT2D eigenvalue weighted by Crippen LogP contribution is 2.23. The van der Waals surface area contributed by atoms with Crippen molar-refractivity contribution in [3.8, 4) is 0 Å². The summed E-state index contributed by atoms with van der Waals surface area (Å²) in [5.41, 5.74) is 8.14. The van der Waals surface area contributed by atoms with Crippen molar-refractivity contribution in [2.45, 2.75) is 18.4 Å². The van der Waals surface area contributed by atoms with Crippen LogP contribution in [-0.2, 0) is 21.4 Å². The first-order chi connectivity index (χ1) is 9.94. The fourth-order valence-corrected chi connectivity index (χ4v) is 3.35. The molecule has 0 heterocycles. The third-order valence-corrected chi connectivity index (χ3v) is 4.63. The van der Waals surface area contributed by atoms with Gasteiger partial charge in [0.2, 0.25) is 0 Å². The second-order valence-corrected chi connectivity index (χ2v) is 6.36. The van der Waals surface area contributed by atoms with Crippen molar-refractivity contribution in [3.63, 3.8) is 0 Å². The average molecular weight is 306 g/mol. The number of benzene rings is 2. The number of anilines is 2. The van der Waals surface area contributed by atoms with Gasteiger partial charge in [-0.15, -0.1) is 0 Å². The molecule has 112 valence electrons. The lowest BCUT2D eigenvalue weighted by Crippen LogP contribution is -2.15. The van der Waals surface area contributed by atoms with Gasteiger partial charge < -0.3 is 10.5 Å². The predicted octanol–water partition coefficient (Wildman–Crippen LogP) is 2.52. The van der Waals surface area contributed by atoms with Crippen molar-refractivity contribution in [2.24, 2.45) is 0 Å². The summed E-state index contributed by atoms with van der Waals surface area (Å²) in [6.45, 7) is 2.11. The van der Waals surface area contributed by atoms with Crippen LogP contribution in [0.4, 0.5) is 11.4 Å². The van der Waals surface area contributed by atoms with E-state index < -0.39 is 10.0 Å². The Labute approximate surface area is 124 Å². The Morgan fingerprint density at radius 2 is 1.90 bits per heavy atom. The standard InChI is InChI=1S/C15H18N2O3S/c1-11-14(16)7-4-8-15(11)21(18,19)17-13-6-3-5-12(9-13)10-20-2/h3-9,17H,10,16H2,1-2H3. The summed E-state index contributed by atoms with van der Waals surface area (Å²) >= 11 is 0. The normalized spacial score (nSPS) is 11.3. The highest BCUT2D eigenvalue weighted by atomic mass is 32.2. The Kier molecular flexibility index (Phi) is 4.50. The molecule has 2 rings (SSSR count). The van der Waals surface area contributed by atoms with E-state index in [1.165, 1.54) is 6.07 Å². The fourth-order valence-electron chi connectivity index (χ4n) is 2.02. The molecule has 0 aromatic heterocycles. The Hall–Kier alpha value is -2.05. The van der Waals surface area contributed by atoms with E-state index in [4.69, 9.17) is 10.5 Å². The van der Waals surface area contributed by atoms with Crippen molar-refractivity contribution in [1.29, 1.82) is 0 Å². The lowest BCUT2D eigenvalue weighted by atomic mass is 10.2. The minimum atomic E-state index is -3.67. The SMILES string of the molecule is COCc1cccc(NS(=O)(=O)c2cccc(N)c2C)c1. The number of nitrogen functional groups attached to an aromatic ring is 1. The van der Waals surface area contributed by atoms with Gasteiger partial charge in [-0.25, -0.2) is 8.42 Å². The fraction of sp³-hybridized carbons (Fsp3) is 0.200. The molecule has 0 unspecified atom stereocenters. The number of sulfonamides is 1. The van der Waals surface area contributed by atoms with Crippen LogP contribution in [0.25, 0.3) is 0 Å². The molecule has 0 aliphatic rings. The Bertz CT molecular complexity index is 742. The molecule has 5 nitrogen and oxygen atoms in total. The highest BCUT2D eigenvalue weighted by Gasteiger charge is 2.18. The van der Waals surface area contributed by atoms with Crippen LogP contribution in [-0.4, -0.2) is 15.5 Å². The number of ether oxygens (including phenoxy) is 1. The third-order valence-electron chi connectivity index (χ3n) is 3.11. The molecule has 0 spiro atoms. The zero-order chi connectivity index (χ0) is 15.5. The van der Waals surface area contributed by atoms with Gasteiger partial charge in [-0.3, -0.25) is 4.72 Å². The first-order valence-electron chi connectivity index (χ1n) is 6.40. The quantitative estimate of drug-likeness (QED) is 0.832. The second-order valence-electron chi connectivity index (χ2n) is 4.71. The zero-order valence-corrected chi connectivity index (χ0v) is 12.8. The zero-order valence-electron chi connectivity index (χ0n) is 12.0. The van der Waals surface area contributed by atoms with Crippen LogP contribution in [0.5, 0.6) is 0 Å². The van der Waals surface area contributed by atoms with E-state index in [9.17, 15) is 8.42 Å². The van der Waals surface area contributed by atoms with Crippen molar-refractivity contribution in [1.82, 2.24) is 0 Å². The summed E-state index contributed by atoms with van der Waals surface area (Å²) in [4.78, 5) is 0.180. The summed E-state index contributed by atoms with van der Waals surface area (Å²) in [6, 6.07) is 11.9. The van der Waals surface area contributed by atoms with Gasteiger partial charge in [-0.1, -0.05) is 18.2 Å². The lowest BCUT2D eigenvalue weighted by Gasteiger charge is -2.12. The van der Waals surface area contributed by atoms with Gasteiger partial charge in [0.15, 0.2) is 0 Å². The molecule has 0 atom stereocenters. The summed E-state index contributed by atoms with van der Waals surface area (Å²) in [5.74, 6) is 0. The van der Waals surface area contributed by atoms with Crippen LogP contribution in [0.3, 0.4) is 0 Å². The molecule has 2 aromatic carbocycles. The first kappa shape index (κ1) is 15.3. The molecule has 0 bridgehead atoms. The van der Waals surface area contributed by atoms with Crippen LogP contribution < -0.4 is 10.5 Å². The van der Waals surface area contributed by atoms with Gasteiger partial charge in [-0.2, -0.15) is 0 Å². The maximum Gasteiger partial charge on any atom is 0.262 e. The number of nitrogens with two attached hydrogens (primary N) is 1. The van der Waals surface area contributed by atoms with Crippen LogP contribution in [0, 0.1) is 6.92 Å². The summed E-state index contributed by atoms with van der Waals surface area (Å²) in [7, 11) is -2.08. The largest absolute Gasteiger partial charge is 0.398 e. The van der Waals surface area contributed by atoms with Crippen LogP contribution in [0.15, 0.2) is 47.4 Å². The van der Waals surface area contributed by atoms with Gasteiger partial charge in [0.05, 0.1) is 11.5 Å². The van der Waals surface area contributed by atoms with Gasteiger partial charge in [0.1, 0.15) is 0 Å². The van der Waals surface area contributed by atoms with Gasteiger partial charge in [0.25, 0.3) is 10.0 Å². The van der Waals surface area contributed by atoms with E-state index in [0.29, 0.717) is 23.5 Å². The van der Waals surface area contributed by atoms with E-state index in [0.717, 1.165) is 5.56 Å². The first-order valence-corrected chi connectivity index (χ1v) is 7.88. The van der Waals surface area contributed by atoms with Crippen LogP contribution in [0.1, 0.15) is 11.1 Å². The molecule has 21 heavy (non-hydrogen) atoms. The van der Waals surface area contributed by atoms with Crippen molar-refractivity contribution >= 4 is 21.4 Å². The third kappa shape index (κ3) is 3.53. The number of nitrogens with one attached hydrogen (secondary N) is 1. The summed E-state index contributed by atoms with van der Waals surface area (Å²) in [5, 5.41) is 0. The monoisotopic (exact) mass is 306 g/mol. The summed E-state index contributed by atoms with van der Waals surface area (Å²) in [6.07, 6.45) is 0.